The third kappa shape index (κ3) is 4.29. The summed E-state index contributed by atoms with van der Waals surface area (Å²) in [6.07, 6.45) is 0.767. The molecule has 0 aromatic heterocycles. The van der Waals surface area contributed by atoms with Gasteiger partial charge in [0.15, 0.2) is 0 Å². The van der Waals surface area contributed by atoms with Crippen LogP contribution < -0.4 is 5.32 Å². The molecule has 21 heavy (non-hydrogen) atoms. The fourth-order valence-electron chi connectivity index (χ4n) is 2.28. The van der Waals surface area contributed by atoms with Crippen LogP contribution in [0.5, 0.6) is 0 Å². The number of likely N-dealkylation sites (N-methyl/N-ethyl adjacent to an activating group) is 1. The Bertz CT molecular complexity index is 630. The van der Waals surface area contributed by atoms with Gasteiger partial charge in [-0.3, -0.25) is 0 Å². The van der Waals surface area contributed by atoms with Gasteiger partial charge in [-0.2, -0.15) is 0 Å². The fourth-order valence-corrected chi connectivity index (χ4v) is 2.88. The summed E-state index contributed by atoms with van der Waals surface area (Å²) in [6.45, 7) is 5.01. The van der Waals surface area contributed by atoms with Crippen LogP contribution in [0.25, 0.3) is 0 Å². The third-order valence-corrected chi connectivity index (χ3v) is 4.62. The lowest BCUT2D eigenvalue weighted by atomic mass is 9.98. The second kappa shape index (κ2) is 7.39. The zero-order chi connectivity index (χ0) is 15.4. The molecule has 112 valence electrons. The predicted octanol–water partition coefficient (Wildman–Crippen LogP) is 5.44. The molecule has 1 N–H and O–H groups in total. The topological polar surface area (TPSA) is 12.0 Å². The number of halogens is 3. The molecule has 0 radical (unpaired) electrons. The molecular weight excluding hydrogens is 353 g/mol. The summed E-state index contributed by atoms with van der Waals surface area (Å²) in [6, 6.07) is 11.4. The Morgan fingerprint density at radius 3 is 2.62 bits per heavy atom. The van der Waals surface area contributed by atoms with Gasteiger partial charge in [0.1, 0.15) is 5.82 Å². The van der Waals surface area contributed by atoms with Gasteiger partial charge in [0.25, 0.3) is 0 Å². The van der Waals surface area contributed by atoms with Gasteiger partial charge in [-0.15, -0.1) is 0 Å². The van der Waals surface area contributed by atoms with Gasteiger partial charge in [-0.05, 0) is 54.8 Å². The Kier molecular flexibility index (Phi) is 5.80. The number of rotatable bonds is 5. The van der Waals surface area contributed by atoms with E-state index in [1.807, 2.05) is 0 Å². The molecule has 0 saturated heterocycles. The van der Waals surface area contributed by atoms with Crippen molar-refractivity contribution in [2.45, 2.75) is 26.3 Å². The van der Waals surface area contributed by atoms with E-state index in [0.29, 0.717) is 0 Å². The van der Waals surface area contributed by atoms with Crippen LogP contribution in [-0.2, 0) is 6.42 Å². The first-order chi connectivity index (χ1) is 10.0. The van der Waals surface area contributed by atoms with Gasteiger partial charge in [-0.25, -0.2) is 4.39 Å². The monoisotopic (exact) mass is 369 g/mol. The van der Waals surface area contributed by atoms with Crippen molar-refractivity contribution in [2.24, 2.45) is 0 Å². The maximum absolute atomic E-state index is 13.3. The van der Waals surface area contributed by atoms with Gasteiger partial charge < -0.3 is 5.32 Å². The van der Waals surface area contributed by atoms with Crippen molar-refractivity contribution in [1.82, 2.24) is 5.32 Å². The van der Waals surface area contributed by atoms with Crippen LogP contribution in [0.2, 0.25) is 5.02 Å². The highest BCUT2D eigenvalue weighted by molar-refractivity contribution is 9.10. The smallest absolute Gasteiger partial charge is 0.141 e. The Morgan fingerprint density at radius 1 is 1.24 bits per heavy atom. The summed E-state index contributed by atoms with van der Waals surface area (Å²) in [5.74, 6) is -0.376. The molecule has 1 unspecified atom stereocenters. The molecule has 0 bridgehead atoms. The number of aryl methyl sites for hydroxylation is 1. The van der Waals surface area contributed by atoms with Crippen molar-refractivity contribution in [3.8, 4) is 0 Å². The second-order valence-corrected chi connectivity index (χ2v) is 6.33. The molecule has 0 saturated carbocycles. The predicted molar refractivity (Wildman–Crippen MR) is 90.4 cm³/mol. The van der Waals surface area contributed by atoms with E-state index >= 15 is 0 Å². The van der Waals surface area contributed by atoms with Gasteiger partial charge in [0.05, 0.1) is 5.02 Å². The lowest BCUT2D eigenvalue weighted by Crippen LogP contribution is -2.23. The lowest BCUT2D eigenvalue weighted by molar-refractivity contribution is 0.548. The zero-order valence-corrected chi connectivity index (χ0v) is 14.4. The van der Waals surface area contributed by atoms with E-state index in [-0.39, 0.29) is 16.9 Å². The van der Waals surface area contributed by atoms with E-state index in [2.05, 4.69) is 53.3 Å². The van der Waals surface area contributed by atoms with Gasteiger partial charge in [0, 0.05) is 10.5 Å². The molecule has 0 aliphatic heterocycles. The van der Waals surface area contributed by atoms with Crippen molar-refractivity contribution in [1.29, 1.82) is 0 Å². The van der Waals surface area contributed by atoms with Gasteiger partial charge in [-0.1, -0.05) is 52.7 Å². The van der Waals surface area contributed by atoms with Crippen LogP contribution in [0.3, 0.4) is 0 Å². The standard InChI is InChI=1S/C17H18BrClFN/c1-3-21-17(13-6-4-11(2)14(18)10-13)9-12-5-7-16(20)15(19)8-12/h4-8,10,17,21H,3,9H2,1-2H3. The van der Waals surface area contributed by atoms with Crippen LogP contribution in [0, 0.1) is 12.7 Å². The number of benzene rings is 2. The average Bonchev–Trinajstić information content (AvgIpc) is 2.45. The average molecular weight is 371 g/mol. The van der Waals surface area contributed by atoms with Crippen molar-refractivity contribution in [3.63, 3.8) is 0 Å². The maximum Gasteiger partial charge on any atom is 0.141 e. The quantitative estimate of drug-likeness (QED) is 0.738. The first-order valence-electron chi connectivity index (χ1n) is 6.94. The molecule has 0 aliphatic rings. The summed E-state index contributed by atoms with van der Waals surface area (Å²) < 4.78 is 14.3. The van der Waals surface area contributed by atoms with Crippen LogP contribution in [-0.4, -0.2) is 6.54 Å². The molecule has 0 aliphatic carbocycles. The third-order valence-electron chi connectivity index (χ3n) is 3.47. The molecule has 0 heterocycles. The van der Waals surface area contributed by atoms with E-state index in [9.17, 15) is 4.39 Å². The highest BCUT2D eigenvalue weighted by Crippen LogP contribution is 2.26. The largest absolute Gasteiger partial charge is 0.310 e. The van der Waals surface area contributed by atoms with Crippen LogP contribution in [0.1, 0.15) is 29.7 Å². The first kappa shape index (κ1) is 16.5. The molecule has 0 amide bonds. The molecule has 0 spiro atoms. The Labute approximate surface area is 138 Å². The summed E-state index contributed by atoms with van der Waals surface area (Å²) >= 11 is 9.44. The van der Waals surface area contributed by atoms with E-state index < -0.39 is 0 Å². The molecule has 2 aromatic rings. The maximum atomic E-state index is 13.3. The summed E-state index contributed by atoms with van der Waals surface area (Å²) in [4.78, 5) is 0. The zero-order valence-electron chi connectivity index (χ0n) is 12.1. The summed E-state index contributed by atoms with van der Waals surface area (Å²) in [5.41, 5.74) is 3.43. The normalized spacial score (nSPS) is 12.4. The number of hydrogen-bond acceptors (Lipinski definition) is 1. The first-order valence-corrected chi connectivity index (χ1v) is 8.11. The highest BCUT2D eigenvalue weighted by Gasteiger charge is 2.13. The number of nitrogens with one attached hydrogen (secondary N) is 1. The van der Waals surface area contributed by atoms with E-state index in [1.165, 1.54) is 17.2 Å². The SMILES string of the molecule is CCNC(Cc1ccc(F)c(Cl)c1)c1ccc(C)c(Br)c1. The van der Waals surface area contributed by atoms with Crippen LogP contribution >= 0.6 is 27.5 Å². The molecule has 0 fully saturated rings. The molecule has 1 atom stereocenters. The Balaban J connectivity index is 2.25. The van der Waals surface area contributed by atoms with E-state index in [4.69, 9.17) is 11.6 Å². The highest BCUT2D eigenvalue weighted by atomic mass is 79.9. The summed E-state index contributed by atoms with van der Waals surface area (Å²) in [7, 11) is 0. The Hall–Kier alpha value is -0.900. The van der Waals surface area contributed by atoms with E-state index in [1.54, 1.807) is 12.1 Å². The van der Waals surface area contributed by atoms with Crippen molar-refractivity contribution in [3.05, 3.63) is 68.4 Å². The molecule has 1 nitrogen and oxygen atoms in total. The minimum atomic E-state index is -0.376. The molecule has 2 aromatic carbocycles. The van der Waals surface area contributed by atoms with Crippen molar-refractivity contribution >= 4 is 27.5 Å². The number of hydrogen-bond donors (Lipinski definition) is 1. The second-order valence-electron chi connectivity index (χ2n) is 5.07. The summed E-state index contributed by atoms with van der Waals surface area (Å²) in [5, 5.41) is 3.64. The molecule has 4 heteroatoms. The van der Waals surface area contributed by atoms with Gasteiger partial charge in [0.2, 0.25) is 0 Å². The van der Waals surface area contributed by atoms with Crippen LogP contribution in [0.4, 0.5) is 4.39 Å². The van der Waals surface area contributed by atoms with Crippen LogP contribution in [0.15, 0.2) is 40.9 Å². The molecular formula is C17H18BrClFN. The van der Waals surface area contributed by atoms with Crippen molar-refractivity contribution < 1.29 is 4.39 Å². The Morgan fingerprint density at radius 2 is 2.00 bits per heavy atom. The lowest BCUT2D eigenvalue weighted by Gasteiger charge is -2.19. The minimum absolute atomic E-state index is 0.174. The molecule has 2 rings (SSSR count). The van der Waals surface area contributed by atoms with Crippen molar-refractivity contribution in [2.75, 3.05) is 6.54 Å². The minimum Gasteiger partial charge on any atom is -0.310 e. The van der Waals surface area contributed by atoms with Gasteiger partial charge >= 0.3 is 0 Å². The van der Waals surface area contributed by atoms with E-state index in [0.717, 1.165) is 23.0 Å². The fraction of sp³-hybridized carbons (Fsp3) is 0.294.